The van der Waals surface area contributed by atoms with Gasteiger partial charge in [-0.25, -0.2) is 0 Å². The second kappa shape index (κ2) is 10.7. The first-order chi connectivity index (χ1) is 19.9. The van der Waals surface area contributed by atoms with Crippen LogP contribution in [-0.4, -0.2) is 58.6 Å². The molecule has 18 atom stereocenters. The Labute approximate surface area is 251 Å². The molecule has 238 valence electrons. The number of carbonyl (C=O) groups is 1. The van der Waals surface area contributed by atoms with Crippen LogP contribution in [0.4, 0.5) is 0 Å². The monoisotopic (exact) mass is 590 g/mol. The maximum atomic E-state index is 12.9. The molecule has 5 aliphatic heterocycles. The van der Waals surface area contributed by atoms with Crippen molar-refractivity contribution in [3.05, 3.63) is 0 Å². The van der Waals surface area contributed by atoms with Gasteiger partial charge in [-0.05, 0) is 80.0 Å². The predicted octanol–water partition coefficient (Wildman–Crippen LogP) is 5.23. The van der Waals surface area contributed by atoms with Crippen molar-refractivity contribution >= 4 is 5.97 Å². The zero-order chi connectivity index (χ0) is 29.7. The number of hydrogen-bond donors (Lipinski definition) is 2. The quantitative estimate of drug-likeness (QED) is 0.421. The minimum Gasteiger partial charge on any atom is -0.459 e. The summed E-state index contributed by atoms with van der Waals surface area (Å²) in [5.74, 6) is -0.134. The van der Waals surface area contributed by atoms with Gasteiger partial charge in [-0.2, -0.15) is 0 Å². The maximum absolute atomic E-state index is 12.9. The number of ether oxygens (including phenoxy) is 5. The first-order valence-electron chi connectivity index (χ1n) is 17.2. The SMILES string of the molecule is CCC(=O)OC1CC2OC3OC(C)(O)CCC4C(C)C(CC(C2C)C34)C2(O)CCC3C(C)CCC4C(C)C1OC(O2)C34. The van der Waals surface area contributed by atoms with E-state index in [1.165, 1.54) is 6.42 Å². The van der Waals surface area contributed by atoms with Crippen LogP contribution < -0.4 is 0 Å². The highest BCUT2D eigenvalue weighted by Gasteiger charge is 2.63. The number of esters is 1. The van der Waals surface area contributed by atoms with Crippen LogP contribution in [0.15, 0.2) is 0 Å². The molecule has 8 nitrogen and oxygen atoms in total. The summed E-state index contributed by atoms with van der Waals surface area (Å²) in [6.07, 6.45) is 4.68. The highest BCUT2D eigenvalue weighted by Crippen LogP contribution is 2.61. The van der Waals surface area contributed by atoms with Crippen LogP contribution in [0, 0.1) is 65.1 Å². The van der Waals surface area contributed by atoms with E-state index in [4.69, 9.17) is 23.7 Å². The van der Waals surface area contributed by atoms with E-state index in [1.807, 2.05) is 6.92 Å². The largest absolute Gasteiger partial charge is 0.459 e. The summed E-state index contributed by atoms with van der Waals surface area (Å²) in [7, 11) is 0. The molecule has 0 aromatic heterocycles. The van der Waals surface area contributed by atoms with Crippen molar-refractivity contribution < 1.29 is 38.7 Å². The van der Waals surface area contributed by atoms with Crippen LogP contribution in [0.3, 0.4) is 0 Å². The van der Waals surface area contributed by atoms with Crippen molar-refractivity contribution in [3.63, 3.8) is 0 Å². The lowest BCUT2D eigenvalue weighted by molar-refractivity contribution is -0.383. The maximum Gasteiger partial charge on any atom is 0.305 e. The molecule has 0 aromatic rings. The summed E-state index contributed by atoms with van der Waals surface area (Å²) in [5, 5.41) is 23.9. The van der Waals surface area contributed by atoms with Gasteiger partial charge in [-0.15, -0.1) is 0 Å². The molecule has 5 heterocycles. The Bertz CT molecular complexity index is 1030. The normalized spacial score (nSPS) is 58.7. The Morgan fingerprint density at radius 1 is 0.810 bits per heavy atom. The van der Waals surface area contributed by atoms with E-state index in [-0.39, 0.29) is 65.5 Å². The molecule has 6 bridgehead atoms. The van der Waals surface area contributed by atoms with Crippen molar-refractivity contribution in [1.29, 1.82) is 0 Å². The number of aliphatic hydroxyl groups is 2. The average molecular weight is 591 g/mol. The lowest BCUT2D eigenvalue weighted by Crippen LogP contribution is -2.62. The van der Waals surface area contributed by atoms with Crippen molar-refractivity contribution in [1.82, 2.24) is 0 Å². The highest BCUT2D eigenvalue weighted by molar-refractivity contribution is 5.69. The molecular weight excluding hydrogens is 536 g/mol. The van der Waals surface area contributed by atoms with Gasteiger partial charge in [-0.1, -0.05) is 41.0 Å². The van der Waals surface area contributed by atoms with E-state index < -0.39 is 30.3 Å². The Morgan fingerprint density at radius 2 is 1.50 bits per heavy atom. The molecule has 2 aliphatic carbocycles. The summed E-state index contributed by atoms with van der Waals surface area (Å²) >= 11 is 0. The molecule has 2 saturated carbocycles. The lowest BCUT2D eigenvalue weighted by Gasteiger charge is -2.58. The van der Waals surface area contributed by atoms with E-state index in [0.29, 0.717) is 43.4 Å². The van der Waals surface area contributed by atoms with E-state index in [0.717, 1.165) is 25.7 Å². The third-order valence-corrected chi connectivity index (χ3v) is 13.6. The Balaban J connectivity index is 1.36. The third-order valence-electron chi connectivity index (χ3n) is 13.6. The van der Waals surface area contributed by atoms with Crippen LogP contribution in [-0.2, 0) is 28.5 Å². The molecular formula is C34H54O8. The third kappa shape index (κ3) is 4.72. The van der Waals surface area contributed by atoms with Crippen molar-refractivity contribution in [2.24, 2.45) is 65.1 Å². The van der Waals surface area contributed by atoms with Crippen LogP contribution in [0.1, 0.15) is 99.3 Å². The predicted molar refractivity (Wildman–Crippen MR) is 153 cm³/mol. The van der Waals surface area contributed by atoms with Crippen LogP contribution in [0.2, 0.25) is 0 Å². The topological polar surface area (TPSA) is 104 Å². The highest BCUT2D eigenvalue weighted by atomic mass is 16.8. The minimum absolute atomic E-state index is 0.0444. The molecule has 42 heavy (non-hydrogen) atoms. The van der Waals surface area contributed by atoms with Gasteiger partial charge < -0.3 is 33.9 Å². The standard InChI is InChI=1S/C34H54O8/c1-7-27(35)38-26-15-25-18(4)23-14-24(17(3)22-10-12-33(6,36)41-31(39-25)29(22)23)34(37)13-11-20-16(2)8-9-21-19(5)30(26)40-32(42-34)28(20)21/h16-26,28-32,36-37H,7-15H2,1-6H3. The first-order valence-corrected chi connectivity index (χ1v) is 17.2. The van der Waals surface area contributed by atoms with E-state index in [1.54, 1.807) is 6.92 Å². The Hall–Kier alpha value is -0.770. The fourth-order valence-electron chi connectivity index (χ4n) is 11.3. The second-order valence-electron chi connectivity index (χ2n) is 15.7. The summed E-state index contributed by atoms with van der Waals surface area (Å²) in [6.45, 7) is 12.8. The van der Waals surface area contributed by atoms with Crippen molar-refractivity contribution in [3.8, 4) is 0 Å². The molecule has 7 rings (SSSR count). The number of rotatable bonds is 2. The molecule has 0 aromatic carbocycles. The summed E-state index contributed by atoms with van der Waals surface area (Å²) in [5.41, 5.74) is 0. The van der Waals surface area contributed by atoms with Gasteiger partial charge in [0.1, 0.15) is 12.2 Å². The van der Waals surface area contributed by atoms with Crippen LogP contribution in [0.25, 0.3) is 0 Å². The molecule has 2 N–H and O–H groups in total. The van der Waals surface area contributed by atoms with Gasteiger partial charge in [0.25, 0.3) is 0 Å². The smallest absolute Gasteiger partial charge is 0.305 e. The van der Waals surface area contributed by atoms with Crippen LogP contribution in [0.5, 0.6) is 0 Å². The number of fused-ring (bicyclic) bond motifs is 5. The van der Waals surface area contributed by atoms with E-state index in [2.05, 4.69) is 27.7 Å². The van der Waals surface area contributed by atoms with Crippen LogP contribution >= 0.6 is 0 Å². The Kier molecular flexibility index (Phi) is 7.59. The van der Waals surface area contributed by atoms with Gasteiger partial charge in [-0.3, -0.25) is 4.79 Å². The van der Waals surface area contributed by atoms with Crippen molar-refractivity contribution in [2.75, 3.05) is 0 Å². The Morgan fingerprint density at radius 3 is 2.26 bits per heavy atom. The molecule has 7 fully saturated rings. The van der Waals surface area contributed by atoms with Crippen molar-refractivity contribution in [2.45, 2.75) is 142 Å². The molecule has 7 aliphatic rings. The lowest BCUT2D eigenvalue weighted by atomic mass is 9.55. The molecule has 18 unspecified atom stereocenters. The van der Waals surface area contributed by atoms with Gasteiger partial charge in [0.2, 0.25) is 0 Å². The first kappa shape index (κ1) is 29.9. The summed E-state index contributed by atoms with van der Waals surface area (Å²) in [4.78, 5) is 12.9. The summed E-state index contributed by atoms with van der Waals surface area (Å²) < 4.78 is 33.4. The molecule has 0 spiro atoms. The number of carbonyl (C=O) groups excluding carboxylic acids is 1. The molecule has 0 radical (unpaired) electrons. The van der Waals surface area contributed by atoms with Gasteiger partial charge in [0.05, 0.1) is 6.10 Å². The zero-order valence-corrected chi connectivity index (χ0v) is 26.4. The fraction of sp³-hybridized carbons (Fsp3) is 0.971. The van der Waals surface area contributed by atoms with Gasteiger partial charge >= 0.3 is 5.97 Å². The fourth-order valence-corrected chi connectivity index (χ4v) is 11.3. The van der Waals surface area contributed by atoms with Gasteiger partial charge in [0, 0.05) is 43.4 Å². The molecule has 0 amide bonds. The molecule has 8 heteroatoms. The van der Waals surface area contributed by atoms with E-state index in [9.17, 15) is 15.0 Å². The molecule has 5 saturated heterocycles. The second-order valence-corrected chi connectivity index (χ2v) is 15.7. The summed E-state index contributed by atoms with van der Waals surface area (Å²) in [6, 6.07) is 0. The average Bonchev–Trinajstić information content (AvgIpc) is 3.18. The minimum atomic E-state index is -1.30. The van der Waals surface area contributed by atoms with Gasteiger partial charge in [0.15, 0.2) is 24.2 Å². The van der Waals surface area contributed by atoms with E-state index >= 15 is 0 Å². The number of hydrogen-bond acceptors (Lipinski definition) is 8. The zero-order valence-electron chi connectivity index (χ0n) is 26.4.